The zero-order valence-electron chi connectivity index (χ0n) is 18.0. The fourth-order valence-electron chi connectivity index (χ4n) is 3.24. The lowest BCUT2D eigenvalue weighted by Gasteiger charge is -2.12. The highest BCUT2D eigenvalue weighted by Gasteiger charge is 2.16. The minimum atomic E-state index is -0.173. The fraction of sp³-hybridized carbons (Fsp3) is 0.417. The summed E-state index contributed by atoms with van der Waals surface area (Å²) in [6.45, 7) is 4.18. The summed E-state index contributed by atoms with van der Waals surface area (Å²) in [7, 11) is 0. The van der Waals surface area contributed by atoms with E-state index in [0.29, 0.717) is 30.1 Å². The van der Waals surface area contributed by atoms with Gasteiger partial charge in [-0.15, -0.1) is 0 Å². The van der Waals surface area contributed by atoms with Gasteiger partial charge in [0.25, 0.3) is 5.91 Å². The van der Waals surface area contributed by atoms with Crippen LogP contribution in [0, 0.1) is 0 Å². The Morgan fingerprint density at radius 1 is 1.13 bits per heavy atom. The van der Waals surface area contributed by atoms with Crippen LogP contribution in [-0.4, -0.2) is 44.2 Å². The molecule has 7 nitrogen and oxygen atoms in total. The van der Waals surface area contributed by atoms with Crippen LogP contribution in [0.2, 0.25) is 0 Å². The first-order valence-corrected chi connectivity index (χ1v) is 10.9. The highest BCUT2D eigenvalue weighted by molar-refractivity contribution is 5.96. The SMILES string of the molecule is CCCCOc1ccc(NC(=O)CNc2cccc(C(=O)NCC3CCCO3)c2)cc1. The Kier molecular flexibility index (Phi) is 8.72. The Morgan fingerprint density at radius 3 is 2.71 bits per heavy atom. The Morgan fingerprint density at radius 2 is 1.97 bits per heavy atom. The molecule has 3 N–H and O–H groups in total. The Hall–Kier alpha value is -3.06. The van der Waals surface area contributed by atoms with Crippen molar-refractivity contribution in [3.8, 4) is 5.75 Å². The van der Waals surface area contributed by atoms with Gasteiger partial charge in [-0.1, -0.05) is 19.4 Å². The second-order valence-electron chi connectivity index (χ2n) is 7.55. The van der Waals surface area contributed by atoms with Crippen molar-refractivity contribution in [2.75, 3.05) is 36.9 Å². The van der Waals surface area contributed by atoms with E-state index in [4.69, 9.17) is 9.47 Å². The fourth-order valence-corrected chi connectivity index (χ4v) is 3.24. The minimum Gasteiger partial charge on any atom is -0.494 e. The van der Waals surface area contributed by atoms with Gasteiger partial charge in [0, 0.05) is 30.1 Å². The molecule has 1 aliphatic heterocycles. The maximum atomic E-state index is 12.4. The average molecular weight is 426 g/mol. The first-order chi connectivity index (χ1) is 15.1. The Labute approximate surface area is 183 Å². The van der Waals surface area contributed by atoms with Crippen LogP contribution in [0.3, 0.4) is 0 Å². The van der Waals surface area contributed by atoms with E-state index in [-0.39, 0.29) is 24.5 Å². The molecule has 166 valence electrons. The Bertz CT molecular complexity index is 848. The third kappa shape index (κ3) is 7.61. The summed E-state index contributed by atoms with van der Waals surface area (Å²) >= 11 is 0. The number of ether oxygens (including phenoxy) is 2. The van der Waals surface area contributed by atoms with Gasteiger partial charge in [-0.3, -0.25) is 9.59 Å². The van der Waals surface area contributed by atoms with Crippen LogP contribution < -0.4 is 20.7 Å². The average Bonchev–Trinajstić information content (AvgIpc) is 3.31. The smallest absolute Gasteiger partial charge is 0.251 e. The second kappa shape index (κ2) is 12.0. The molecular weight excluding hydrogens is 394 g/mol. The zero-order valence-corrected chi connectivity index (χ0v) is 18.0. The molecule has 2 aromatic carbocycles. The lowest BCUT2D eigenvalue weighted by atomic mass is 10.1. The third-order valence-electron chi connectivity index (χ3n) is 5.00. The van der Waals surface area contributed by atoms with Gasteiger partial charge in [0.2, 0.25) is 5.91 Å². The number of unbranched alkanes of at least 4 members (excludes halogenated alkanes) is 1. The van der Waals surface area contributed by atoms with Gasteiger partial charge in [0.1, 0.15) is 5.75 Å². The van der Waals surface area contributed by atoms with Gasteiger partial charge in [0.15, 0.2) is 0 Å². The maximum absolute atomic E-state index is 12.4. The first kappa shape index (κ1) is 22.6. The predicted octanol–water partition coefficient (Wildman–Crippen LogP) is 3.82. The molecule has 1 unspecified atom stereocenters. The zero-order chi connectivity index (χ0) is 21.9. The monoisotopic (exact) mass is 425 g/mol. The molecule has 0 bridgehead atoms. The molecule has 0 radical (unpaired) electrons. The number of nitrogens with one attached hydrogen (secondary N) is 3. The number of carbonyl (C=O) groups excluding carboxylic acids is 2. The number of hydrogen-bond acceptors (Lipinski definition) is 5. The molecule has 3 rings (SSSR count). The normalized spacial score (nSPS) is 15.3. The molecular formula is C24H31N3O4. The van der Waals surface area contributed by atoms with Crippen LogP contribution in [-0.2, 0) is 9.53 Å². The second-order valence-corrected chi connectivity index (χ2v) is 7.55. The summed E-state index contributed by atoms with van der Waals surface area (Å²) < 4.78 is 11.2. The van der Waals surface area contributed by atoms with Crippen molar-refractivity contribution in [1.29, 1.82) is 0 Å². The summed E-state index contributed by atoms with van der Waals surface area (Å²) in [5.74, 6) is 0.469. The summed E-state index contributed by atoms with van der Waals surface area (Å²) in [6, 6.07) is 14.4. The summed E-state index contributed by atoms with van der Waals surface area (Å²) in [5, 5.41) is 8.81. The lowest BCUT2D eigenvalue weighted by molar-refractivity contribution is -0.114. The van der Waals surface area contributed by atoms with Crippen molar-refractivity contribution in [3.63, 3.8) is 0 Å². The third-order valence-corrected chi connectivity index (χ3v) is 5.00. The van der Waals surface area contributed by atoms with Crippen LogP contribution >= 0.6 is 0 Å². The molecule has 1 atom stereocenters. The molecule has 1 heterocycles. The Balaban J connectivity index is 1.43. The largest absolute Gasteiger partial charge is 0.494 e. The molecule has 1 saturated heterocycles. The van der Waals surface area contributed by atoms with Crippen LogP contribution in [0.25, 0.3) is 0 Å². The highest BCUT2D eigenvalue weighted by Crippen LogP contribution is 2.16. The number of anilines is 2. The van der Waals surface area contributed by atoms with Crippen LogP contribution in [0.4, 0.5) is 11.4 Å². The van der Waals surface area contributed by atoms with Gasteiger partial charge in [-0.2, -0.15) is 0 Å². The standard InChI is InChI=1S/C24H31N3O4/c1-2-3-13-30-21-11-9-19(10-12-21)27-23(28)17-25-20-7-4-6-18(15-20)24(29)26-16-22-8-5-14-31-22/h4,6-7,9-12,15,22,25H,2-3,5,8,13-14,16-17H2,1H3,(H,26,29)(H,27,28). The van der Waals surface area contributed by atoms with E-state index in [2.05, 4.69) is 22.9 Å². The van der Waals surface area contributed by atoms with Gasteiger partial charge in [-0.25, -0.2) is 0 Å². The number of rotatable bonds is 11. The summed E-state index contributed by atoms with van der Waals surface area (Å²) in [6.07, 6.45) is 4.22. The van der Waals surface area contributed by atoms with Gasteiger partial charge in [0.05, 0.1) is 19.3 Å². The van der Waals surface area contributed by atoms with Crippen molar-refractivity contribution in [2.45, 2.75) is 38.7 Å². The molecule has 2 amide bonds. The van der Waals surface area contributed by atoms with Crippen molar-refractivity contribution < 1.29 is 19.1 Å². The number of amides is 2. The van der Waals surface area contributed by atoms with E-state index in [1.54, 1.807) is 18.2 Å². The molecule has 0 saturated carbocycles. The van der Waals surface area contributed by atoms with Crippen LogP contribution in [0.5, 0.6) is 5.75 Å². The topological polar surface area (TPSA) is 88.7 Å². The predicted molar refractivity (Wildman–Crippen MR) is 122 cm³/mol. The van der Waals surface area contributed by atoms with Crippen LogP contribution in [0.1, 0.15) is 43.0 Å². The van der Waals surface area contributed by atoms with Crippen molar-refractivity contribution >= 4 is 23.2 Å². The molecule has 7 heteroatoms. The molecule has 1 aliphatic rings. The van der Waals surface area contributed by atoms with Gasteiger partial charge in [-0.05, 0) is 61.7 Å². The number of hydrogen-bond donors (Lipinski definition) is 3. The number of benzene rings is 2. The van der Waals surface area contributed by atoms with E-state index < -0.39 is 0 Å². The molecule has 1 fully saturated rings. The molecule has 0 aliphatic carbocycles. The van der Waals surface area contributed by atoms with E-state index in [1.807, 2.05) is 30.3 Å². The van der Waals surface area contributed by atoms with Crippen LogP contribution in [0.15, 0.2) is 48.5 Å². The summed E-state index contributed by atoms with van der Waals surface area (Å²) in [5.41, 5.74) is 1.96. The van der Waals surface area contributed by atoms with Crippen molar-refractivity contribution in [2.24, 2.45) is 0 Å². The van der Waals surface area contributed by atoms with E-state index in [9.17, 15) is 9.59 Å². The van der Waals surface area contributed by atoms with E-state index >= 15 is 0 Å². The first-order valence-electron chi connectivity index (χ1n) is 10.9. The van der Waals surface area contributed by atoms with Gasteiger partial charge >= 0.3 is 0 Å². The molecule has 0 spiro atoms. The quantitative estimate of drug-likeness (QED) is 0.476. The lowest BCUT2D eigenvalue weighted by Crippen LogP contribution is -2.31. The molecule has 31 heavy (non-hydrogen) atoms. The molecule has 0 aromatic heterocycles. The van der Waals surface area contributed by atoms with Gasteiger partial charge < -0.3 is 25.4 Å². The van der Waals surface area contributed by atoms with Crippen molar-refractivity contribution in [1.82, 2.24) is 5.32 Å². The highest BCUT2D eigenvalue weighted by atomic mass is 16.5. The summed E-state index contributed by atoms with van der Waals surface area (Å²) in [4.78, 5) is 24.6. The van der Waals surface area contributed by atoms with E-state index in [1.165, 1.54) is 0 Å². The number of carbonyl (C=O) groups is 2. The minimum absolute atomic E-state index is 0.0930. The van der Waals surface area contributed by atoms with Crippen molar-refractivity contribution in [3.05, 3.63) is 54.1 Å². The van der Waals surface area contributed by atoms with E-state index in [0.717, 1.165) is 38.0 Å². The maximum Gasteiger partial charge on any atom is 0.251 e. The molecule has 2 aromatic rings.